The van der Waals surface area contributed by atoms with Gasteiger partial charge in [-0.25, -0.2) is 0 Å². The van der Waals surface area contributed by atoms with Crippen LogP contribution < -0.4 is 5.32 Å². The average Bonchev–Trinajstić information content (AvgIpc) is 2.74. The van der Waals surface area contributed by atoms with E-state index in [4.69, 9.17) is 4.42 Å². The number of rotatable bonds is 5. The Morgan fingerprint density at radius 3 is 2.94 bits per heavy atom. The van der Waals surface area contributed by atoms with Crippen molar-refractivity contribution in [2.45, 2.75) is 57.9 Å². The number of furan rings is 1. The summed E-state index contributed by atoms with van der Waals surface area (Å²) in [5, 5.41) is 3.74. The first kappa shape index (κ1) is 12.7. The van der Waals surface area contributed by atoms with Crippen LogP contribution in [-0.4, -0.2) is 12.6 Å². The van der Waals surface area contributed by atoms with Gasteiger partial charge in [-0.05, 0) is 49.8 Å². The standard InChI is InChI=1S/C15H25NO/c1-2-9-16-15-7-5-3-4-6-14(15)11-13-8-10-17-12-13/h8,10,12,14-16H,2-7,9,11H2,1H3. The summed E-state index contributed by atoms with van der Waals surface area (Å²) < 4.78 is 5.18. The van der Waals surface area contributed by atoms with Gasteiger partial charge >= 0.3 is 0 Å². The molecule has 1 aromatic rings. The summed E-state index contributed by atoms with van der Waals surface area (Å²) in [6, 6.07) is 2.83. The predicted molar refractivity (Wildman–Crippen MR) is 71.1 cm³/mol. The molecule has 2 heteroatoms. The van der Waals surface area contributed by atoms with Crippen LogP contribution in [0.15, 0.2) is 23.0 Å². The first-order valence-electron chi connectivity index (χ1n) is 7.14. The molecule has 17 heavy (non-hydrogen) atoms. The summed E-state index contributed by atoms with van der Waals surface area (Å²) in [6.45, 7) is 3.40. The maximum absolute atomic E-state index is 5.18. The summed E-state index contributed by atoms with van der Waals surface area (Å²) in [4.78, 5) is 0. The summed E-state index contributed by atoms with van der Waals surface area (Å²) >= 11 is 0. The third-order valence-electron chi connectivity index (χ3n) is 3.89. The van der Waals surface area contributed by atoms with Gasteiger partial charge in [-0.1, -0.05) is 26.2 Å². The molecule has 0 saturated heterocycles. The Bertz CT molecular complexity index is 294. The van der Waals surface area contributed by atoms with Gasteiger partial charge in [0.1, 0.15) is 0 Å². The van der Waals surface area contributed by atoms with Crippen LogP contribution in [0.3, 0.4) is 0 Å². The van der Waals surface area contributed by atoms with Crippen LogP contribution in [0.2, 0.25) is 0 Å². The molecule has 96 valence electrons. The van der Waals surface area contributed by atoms with E-state index in [-0.39, 0.29) is 0 Å². The van der Waals surface area contributed by atoms with E-state index in [9.17, 15) is 0 Å². The first-order valence-corrected chi connectivity index (χ1v) is 7.14. The average molecular weight is 235 g/mol. The lowest BCUT2D eigenvalue weighted by Crippen LogP contribution is -2.37. The molecule has 0 radical (unpaired) electrons. The van der Waals surface area contributed by atoms with Crippen LogP contribution in [0, 0.1) is 5.92 Å². The van der Waals surface area contributed by atoms with E-state index >= 15 is 0 Å². The van der Waals surface area contributed by atoms with Gasteiger partial charge in [0.15, 0.2) is 0 Å². The third-order valence-corrected chi connectivity index (χ3v) is 3.89. The van der Waals surface area contributed by atoms with Crippen molar-refractivity contribution in [3.63, 3.8) is 0 Å². The van der Waals surface area contributed by atoms with Crippen molar-refractivity contribution in [1.82, 2.24) is 5.32 Å². The lowest BCUT2D eigenvalue weighted by molar-refractivity contribution is 0.332. The smallest absolute Gasteiger partial charge is 0.0934 e. The summed E-state index contributed by atoms with van der Waals surface area (Å²) in [7, 11) is 0. The van der Waals surface area contributed by atoms with Crippen LogP contribution in [-0.2, 0) is 6.42 Å². The molecule has 1 N–H and O–H groups in total. The van der Waals surface area contributed by atoms with Crippen LogP contribution in [0.25, 0.3) is 0 Å². The molecule has 1 heterocycles. The van der Waals surface area contributed by atoms with Crippen molar-refractivity contribution < 1.29 is 4.42 Å². The second kappa shape index (κ2) is 6.85. The highest BCUT2D eigenvalue weighted by Crippen LogP contribution is 2.26. The molecule has 1 aliphatic rings. The Hall–Kier alpha value is -0.760. The zero-order valence-corrected chi connectivity index (χ0v) is 11.0. The van der Waals surface area contributed by atoms with Gasteiger partial charge < -0.3 is 9.73 Å². The minimum Gasteiger partial charge on any atom is -0.472 e. The van der Waals surface area contributed by atoms with Crippen molar-refractivity contribution in [2.75, 3.05) is 6.54 Å². The Labute approximate surface area is 105 Å². The lowest BCUT2D eigenvalue weighted by Gasteiger charge is -2.26. The number of nitrogens with one attached hydrogen (secondary N) is 1. The van der Waals surface area contributed by atoms with Crippen molar-refractivity contribution in [1.29, 1.82) is 0 Å². The fourth-order valence-electron chi connectivity index (χ4n) is 2.94. The number of hydrogen-bond donors (Lipinski definition) is 1. The van der Waals surface area contributed by atoms with E-state index < -0.39 is 0 Å². The summed E-state index contributed by atoms with van der Waals surface area (Å²) in [5.41, 5.74) is 1.36. The van der Waals surface area contributed by atoms with E-state index in [0.29, 0.717) is 6.04 Å². The zero-order valence-electron chi connectivity index (χ0n) is 11.0. The normalized spacial score (nSPS) is 25.7. The van der Waals surface area contributed by atoms with E-state index in [1.54, 1.807) is 6.26 Å². The van der Waals surface area contributed by atoms with Gasteiger partial charge in [0.2, 0.25) is 0 Å². The van der Waals surface area contributed by atoms with Crippen molar-refractivity contribution in [3.05, 3.63) is 24.2 Å². The topological polar surface area (TPSA) is 25.2 Å². The molecule has 1 fully saturated rings. The van der Waals surface area contributed by atoms with Crippen molar-refractivity contribution in [3.8, 4) is 0 Å². The SMILES string of the molecule is CCCNC1CCCCCC1Cc1ccoc1. The Morgan fingerprint density at radius 1 is 1.29 bits per heavy atom. The van der Waals surface area contributed by atoms with Crippen LogP contribution in [0.1, 0.15) is 51.0 Å². The molecule has 2 nitrogen and oxygen atoms in total. The largest absolute Gasteiger partial charge is 0.472 e. The van der Waals surface area contributed by atoms with Gasteiger partial charge in [0.05, 0.1) is 12.5 Å². The number of hydrogen-bond acceptors (Lipinski definition) is 2. The molecule has 0 aromatic carbocycles. The minimum atomic E-state index is 0.715. The Morgan fingerprint density at radius 2 is 2.18 bits per heavy atom. The minimum absolute atomic E-state index is 0.715. The lowest BCUT2D eigenvalue weighted by atomic mass is 9.89. The van der Waals surface area contributed by atoms with Crippen LogP contribution in [0.4, 0.5) is 0 Å². The maximum atomic E-state index is 5.18. The van der Waals surface area contributed by atoms with Gasteiger partial charge in [0.25, 0.3) is 0 Å². The highest BCUT2D eigenvalue weighted by atomic mass is 16.3. The Kier molecular flexibility index (Phi) is 5.11. The van der Waals surface area contributed by atoms with E-state index in [2.05, 4.69) is 18.3 Å². The first-order chi connectivity index (χ1) is 8.40. The molecular formula is C15H25NO. The molecule has 2 rings (SSSR count). The summed E-state index contributed by atoms with van der Waals surface area (Å²) in [5.74, 6) is 0.793. The monoisotopic (exact) mass is 235 g/mol. The van der Waals surface area contributed by atoms with Gasteiger partial charge in [0, 0.05) is 6.04 Å². The Balaban J connectivity index is 1.93. The third kappa shape index (κ3) is 3.88. The zero-order chi connectivity index (χ0) is 11.9. The summed E-state index contributed by atoms with van der Waals surface area (Å²) in [6.07, 6.45) is 13.0. The molecule has 0 spiro atoms. The van der Waals surface area contributed by atoms with Crippen LogP contribution in [0.5, 0.6) is 0 Å². The molecule has 2 atom stereocenters. The molecule has 1 aromatic heterocycles. The second-order valence-corrected chi connectivity index (χ2v) is 5.29. The molecule has 0 bridgehead atoms. The van der Waals surface area contributed by atoms with Gasteiger partial charge in [-0.2, -0.15) is 0 Å². The molecule has 1 saturated carbocycles. The fourth-order valence-corrected chi connectivity index (χ4v) is 2.94. The van der Waals surface area contributed by atoms with E-state index in [1.165, 1.54) is 50.5 Å². The molecule has 0 amide bonds. The van der Waals surface area contributed by atoms with Gasteiger partial charge in [-0.15, -0.1) is 0 Å². The quantitative estimate of drug-likeness (QED) is 0.786. The molecule has 1 aliphatic carbocycles. The predicted octanol–water partition coefficient (Wildman–Crippen LogP) is 3.77. The highest BCUT2D eigenvalue weighted by Gasteiger charge is 2.23. The second-order valence-electron chi connectivity index (χ2n) is 5.29. The maximum Gasteiger partial charge on any atom is 0.0934 e. The van der Waals surface area contributed by atoms with Crippen molar-refractivity contribution in [2.24, 2.45) is 5.92 Å². The van der Waals surface area contributed by atoms with Crippen molar-refractivity contribution >= 4 is 0 Å². The molecule has 2 unspecified atom stereocenters. The fraction of sp³-hybridized carbons (Fsp3) is 0.733. The van der Waals surface area contributed by atoms with E-state index in [0.717, 1.165) is 12.5 Å². The van der Waals surface area contributed by atoms with E-state index in [1.807, 2.05) is 6.26 Å². The molecular weight excluding hydrogens is 210 g/mol. The van der Waals surface area contributed by atoms with Crippen LogP contribution >= 0.6 is 0 Å². The van der Waals surface area contributed by atoms with Gasteiger partial charge in [-0.3, -0.25) is 0 Å². The highest BCUT2D eigenvalue weighted by molar-refractivity contribution is 5.07. The molecule has 0 aliphatic heterocycles.